The van der Waals surface area contributed by atoms with Gasteiger partial charge in [0.25, 0.3) is 11.6 Å². The summed E-state index contributed by atoms with van der Waals surface area (Å²) in [5.74, 6) is 0.593. The van der Waals surface area contributed by atoms with Crippen LogP contribution in [0.15, 0.2) is 82.4 Å². The molecule has 0 spiro atoms. The molecule has 38 heavy (non-hydrogen) atoms. The molecule has 0 aliphatic rings. The number of halogens is 1. The zero-order valence-corrected chi connectivity index (χ0v) is 22.2. The van der Waals surface area contributed by atoms with Crippen molar-refractivity contribution in [3.05, 3.63) is 104 Å². The molecule has 0 aromatic heterocycles. The van der Waals surface area contributed by atoms with Gasteiger partial charge in [-0.15, -0.1) is 0 Å². The molecule has 9 nitrogen and oxygen atoms in total. The highest BCUT2D eigenvalue weighted by atomic mass is 79.9. The van der Waals surface area contributed by atoms with E-state index in [1.807, 2.05) is 31.2 Å². The number of carbonyl (C=O) groups excluding carboxylic acids is 1. The van der Waals surface area contributed by atoms with Crippen LogP contribution in [0.2, 0.25) is 0 Å². The molecule has 10 heteroatoms. The van der Waals surface area contributed by atoms with Crippen LogP contribution in [0.25, 0.3) is 10.8 Å². The number of hydrazone groups is 1. The molecule has 1 amide bonds. The first-order valence-corrected chi connectivity index (χ1v) is 12.4. The van der Waals surface area contributed by atoms with Crippen molar-refractivity contribution in [2.24, 2.45) is 5.10 Å². The second kappa shape index (κ2) is 12.2. The van der Waals surface area contributed by atoms with Crippen LogP contribution in [0.3, 0.4) is 0 Å². The summed E-state index contributed by atoms with van der Waals surface area (Å²) in [7, 11) is 1.37. The molecule has 1 N–H and O–H groups in total. The number of nitro groups is 1. The minimum atomic E-state index is -0.652. The van der Waals surface area contributed by atoms with Gasteiger partial charge in [-0.25, -0.2) is 5.43 Å². The van der Waals surface area contributed by atoms with Gasteiger partial charge in [0, 0.05) is 12.1 Å². The average molecular weight is 578 g/mol. The quantitative estimate of drug-likeness (QED) is 0.135. The number of hydrogen-bond acceptors (Lipinski definition) is 7. The number of nitrogens with one attached hydrogen (secondary N) is 1. The van der Waals surface area contributed by atoms with E-state index in [9.17, 15) is 14.9 Å². The van der Waals surface area contributed by atoms with Crippen LogP contribution in [0.1, 0.15) is 28.4 Å². The molecule has 0 aliphatic heterocycles. The number of nitro benzene ring substituents is 1. The number of hydrogen-bond donors (Lipinski definition) is 1. The highest BCUT2D eigenvalue weighted by Crippen LogP contribution is 2.37. The van der Waals surface area contributed by atoms with Crippen molar-refractivity contribution < 1.29 is 23.9 Å². The number of benzene rings is 4. The van der Waals surface area contributed by atoms with E-state index in [0.717, 1.165) is 22.4 Å². The molecule has 0 radical (unpaired) electrons. The molecule has 0 unspecified atom stereocenters. The van der Waals surface area contributed by atoms with Gasteiger partial charge in [-0.2, -0.15) is 5.10 Å². The Morgan fingerprint density at radius 3 is 2.61 bits per heavy atom. The van der Waals surface area contributed by atoms with Gasteiger partial charge in [0.05, 0.1) is 34.9 Å². The number of non-ortho nitro benzene ring substituents is 1. The first kappa shape index (κ1) is 26.6. The van der Waals surface area contributed by atoms with E-state index in [4.69, 9.17) is 14.2 Å². The highest BCUT2D eigenvalue weighted by Gasteiger charge is 2.17. The molecular weight excluding hydrogens is 554 g/mol. The van der Waals surface area contributed by atoms with E-state index >= 15 is 0 Å². The number of methoxy groups -OCH3 is 1. The molecule has 0 fully saturated rings. The molecule has 4 aromatic carbocycles. The monoisotopic (exact) mass is 577 g/mol. The van der Waals surface area contributed by atoms with Gasteiger partial charge < -0.3 is 14.2 Å². The van der Waals surface area contributed by atoms with Crippen LogP contribution in [0, 0.1) is 10.1 Å². The smallest absolute Gasteiger partial charge is 0.275 e. The predicted molar refractivity (Wildman–Crippen MR) is 148 cm³/mol. The van der Waals surface area contributed by atoms with Gasteiger partial charge in [-0.3, -0.25) is 14.9 Å². The minimum absolute atomic E-state index is 0.00720. The topological polar surface area (TPSA) is 112 Å². The number of amides is 1. The Labute approximate surface area is 227 Å². The molecule has 0 aliphatic carbocycles. The van der Waals surface area contributed by atoms with Crippen LogP contribution in [0.5, 0.6) is 17.2 Å². The van der Waals surface area contributed by atoms with Crippen molar-refractivity contribution in [3.63, 3.8) is 0 Å². The second-order valence-corrected chi connectivity index (χ2v) is 8.89. The van der Waals surface area contributed by atoms with E-state index in [0.29, 0.717) is 34.7 Å². The van der Waals surface area contributed by atoms with E-state index < -0.39 is 10.8 Å². The Bertz CT molecular complexity index is 1520. The van der Waals surface area contributed by atoms with Gasteiger partial charge in [-0.05, 0) is 63.0 Å². The van der Waals surface area contributed by atoms with Gasteiger partial charge in [0.15, 0.2) is 11.5 Å². The van der Waals surface area contributed by atoms with Gasteiger partial charge >= 0.3 is 0 Å². The van der Waals surface area contributed by atoms with Gasteiger partial charge in [0.1, 0.15) is 12.4 Å². The molecule has 4 aromatic rings. The number of ether oxygens (including phenoxy) is 3. The third kappa shape index (κ3) is 6.09. The van der Waals surface area contributed by atoms with Crippen LogP contribution < -0.4 is 19.6 Å². The third-order valence-electron chi connectivity index (χ3n) is 5.60. The molecule has 0 saturated heterocycles. The maximum atomic E-state index is 12.6. The Balaban J connectivity index is 1.52. The van der Waals surface area contributed by atoms with Crippen LogP contribution in [0.4, 0.5) is 5.69 Å². The van der Waals surface area contributed by atoms with E-state index in [1.54, 1.807) is 12.1 Å². The van der Waals surface area contributed by atoms with Gasteiger partial charge in [-0.1, -0.05) is 42.5 Å². The van der Waals surface area contributed by atoms with Crippen molar-refractivity contribution in [1.29, 1.82) is 0 Å². The number of carbonyl (C=O) groups is 1. The summed E-state index contributed by atoms with van der Waals surface area (Å²) in [5.41, 5.74) is 3.81. The maximum absolute atomic E-state index is 12.6. The lowest BCUT2D eigenvalue weighted by molar-refractivity contribution is -0.384. The normalized spacial score (nSPS) is 10.9. The summed E-state index contributed by atoms with van der Waals surface area (Å²) in [5, 5.41) is 17.3. The van der Waals surface area contributed by atoms with Crippen LogP contribution in [-0.2, 0) is 6.61 Å². The molecular formula is C28H24BrN3O6. The zero-order chi connectivity index (χ0) is 27.1. The lowest BCUT2D eigenvalue weighted by Gasteiger charge is -2.15. The Morgan fingerprint density at radius 2 is 1.84 bits per heavy atom. The molecule has 0 saturated carbocycles. The van der Waals surface area contributed by atoms with E-state index in [-0.39, 0.29) is 17.0 Å². The third-order valence-corrected chi connectivity index (χ3v) is 6.19. The maximum Gasteiger partial charge on any atom is 0.275 e. The molecule has 0 heterocycles. The first-order chi connectivity index (χ1) is 18.4. The van der Waals surface area contributed by atoms with Crippen molar-refractivity contribution in [2.75, 3.05) is 13.7 Å². The summed E-state index contributed by atoms with van der Waals surface area (Å²) in [6.07, 6.45) is 1.43. The van der Waals surface area contributed by atoms with E-state index in [2.05, 4.69) is 44.7 Å². The Morgan fingerprint density at radius 1 is 1.05 bits per heavy atom. The Hall–Kier alpha value is -4.44. The van der Waals surface area contributed by atoms with Crippen molar-refractivity contribution >= 4 is 44.5 Å². The number of rotatable bonds is 10. The number of fused-ring (bicyclic) bond motifs is 1. The summed E-state index contributed by atoms with van der Waals surface area (Å²) in [4.78, 5) is 23.1. The standard InChI is InChI=1S/C28H24BrN3O6/c1-3-37-26-14-18(16-30-31-28(33)23-15-21(32(34)35)11-12-25(23)36-2)13-24(29)27(26)38-17-20-9-6-8-19-7-4-5-10-22(19)20/h4-16H,3,17H2,1-2H3,(H,31,33)/b30-16-. The Kier molecular flexibility index (Phi) is 8.55. The fraction of sp³-hybridized carbons (Fsp3) is 0.143. The molecule has 0 atom stereocenters. The predicted octanol–water partition coefficient (Wildman–Crippen LogP) is 6.26. The van der Waals surface area contributed by atoms with Crippen LogP contribution >= 0.6 is 15.9 Å². The lowest BCUT2D eigenvalue weighted by atomic mass is 10.1. The van der Waals surface area contributed by atoms with Crippen molar-refractivity contribution in [1.82, 2.24) is 5.43 Å². The van der Waals surface area contributed by atoms with E-state index in [1.165, 1.54) is 25.5 Å². The van der Waals surface area contributed by atoms with Crippen molar-refractivity contribution in [2.45, 2.75) is 13.5 Å². The fourth-order valence-electron chi connectivity index (χ4n) is 3.85. The SMILES string of the molecule is CCOc1cc(/C=N\NC(=O)c2cc([N+](=O)[O-])ccc2OC)cc(Br)c1OCc1cccc2ccccc12. The zero-order valence-electron chi connectivity index (χ0n) is 20.6. The average Bonchev–Trinajstić information content (AvgIpc) is 2.92. The first-order valence-electron chi connectivity index (χ1n) is 11.6. The summed E-state index contributed by atoms with van der Waals surface area (Å²) < 4.78 is 17.8. The number of nitrogens with zero attached hydrogens (tertiary/aromatic N) is 2. The lowest BCUT2D eigenvalue weighted by Crippen LogP contribution is -2.18. The summed E-state index contributed by atoms with van der Waals surface area (Å²) >= 11 is 3.55. The molecule has 0 bridgehead atoms. The second-order valence-electron chi connectivity index (χ2n) is 8.03. The summed E-state index contributed by atoms with van der Waals surface area (Å²) in [6, 6.07) is 21.5. The van der Waals surface area contributed by atoms with Gasteiger partial charge in [0.2, 0.25) is 0 Å². The molecule has 194 valence electrons. The largest absolute Gasteiger partial charge is 0.496 e. The fourth-order valence-corrected chi connectivity index (χ4v) is 4.42. The highest BCUT2D eigenvalue weighted by molar-refractivity contribution is 9.10. The van der Waals surface area contributed by atoms with Crippen molar-refractivity contribution in [3.8, 4) is 17.2 Å². The molecule has 4 rings (SSSR count). The summed E-state index contributed by atoms with van der Waals surface area (Å²) in [6.45, 7) is 2.63. The van der Waals surface area contributed by atoms with Crippen LogP contribution in [-0.4, -0.2) is 30.8 Å². The minimum Gasteiger partial charge on any atom is -0.496 e.